The van der Waals surface area contributed by atoms with Gasteiger partial charge in [-0.05, 0) is 52.7 Å². The highest BCUT2D eigenvalue weighted by molar-refractivity contribution is 5.74. The van der Waals surface area contributed by atoms with Crippen molar-refractivity contribution in [1.29, 1.82) is 0 Å². The number of amides is 2. The first-order chi connectivity index (χ1) is 9.86. The SMILES string of the molecule is CCN(CCCN(C)C)C(=O)NCCC(C)CCC(=O)O. The van der Waals surface area contributed by atoms with E-state index < -0.39 is 5.97 Å². The normalized spacial score (nSPS) is 12.2. The smallest absolute Gasteiger partial charge is 0.317 e. The maximum Gasteiger partial charge on any atom is 0.317 e. The van der Waals surface area contributed by atoms with Crippen LogP contribution in [0.25, 0.3) is 0 Å². The van der Waals surface area contributed by atoms with Gasteiger partial charge in [0.15, 0.2) is 0 Å². The van der Waals surface area contributed by atoms with Crippen molar-refractivity contribution in [3.8, 4) is 0 Å². The number of aliphatic carboxylic acids is 1. The molecule has 0 saturated heterocycles. The van der Waals surface area contributed by atoms with Crippen molar-refractivity contribution in [2.75, 3.05) is 40.3 Å². The Balaban J connectivity index is 3.85. The van der Waals surface area contributed by atoms with E-state index in [1.54, 1.807) is 0 Å². The molecule has 0 saturated carbocycles. The summed E-state index contributed by atoms with van der Waals surface area (Å²) in [6, 6.07) is -0.0262. The quantitative estimate of drug-likeness (QED) is 0.611. The Hall–Kier alpha value is -1.30. The number of hydrogen-bond donors (Lipinski definition) is 2. The Kier molecular flexibility index (Phi) is 10.7. The summed E-state index contributed by atoms with van der Waals surface area (Å²) in [6.45, 7) is 7.03. The molecule has 0 radical (unpaired) electrons. The number of carbonyl (C=O) groups is 2. The molecule has 1 atom stereocenters. The molecule has 1 unspecified atom stereocenters. The van der Waals surface area contributed by atoms with Crippen LogP contribution < -0.4 is 5.32 Å². The van der Waals surface area contributed by atoms with E-state index in [2.05, 4.69) is 10.2 Å². The molecule has 0 fully saturated rings. The lowest BCUT2D eigenvalue weighted by Crippen LogP contribution is -2.41. The monoisotopic (exact) mass is 301 g/mol. The third-order valence-electron chi connectivity index (χ3n) is 3.47. The van der Waals surface area contributed by atoms with Gasteiger partial charge < -0.3 is 20.2 Å². The van der Waals surface area contributed by atoms with Gasteiger partial charge in [0.05, 0.1) is 0 Å². The predicted molar refractivity (Wildman–Crippen MR) is 84.5 cm³/mol. The molecule has 21 heavy (non-hydrogen) atoms. The van der Waals surface area contributed by atoms with Crippen molar-refractivity contribution in [3.63, 3.8) is 0 Å². The van der Waals surface area contributed by atoms with Crippen LogP contribution >= 0.6 is 0 Å². The predicted octanol–water partition coefficient (Wildman–Crippen LogP) is 1.86. The van der Waals surface area contributed by atoms with Crippen LogP contribution in [0.1, 0.15) is 39.5 Å². The highest BCUT2D eigenvalue weighted by atomic mass is 16.4. The summed E-state index contributed by atoms with van der Waals surface area (Å²) in [5.74, 6) is -0.450. The number of carbonyl (C=O) groups excluding carboxylic acids is 1. The zero-order chi connectivity index (χ0) is 16.3. The summed E-state index contributed by atoms with van der Waals surface area (Å²) in [6.07, 6.45) is 2.63. The number of rotatable bonds is 11. The fraction of sp³-hybridized carbons (Fsp3) is 0.867. The van der Waals surface area contributed by atoms with Gasteiger partial charge in [-0.2, -0.15) is 0 Å². The molecule has 124 valence electrons. The van der Waals surface area contributed by atoms with Crippen LogP contribution in [0.3, 0.4) is 0 Å². The van der Waals surface area contributed by atoms with E-state index >= 15 is 0 Å². The maximum atomic E-state index is 12.0. The third kappa shape index (κ3) is 11.1. The molecule has 0 spiro atoms. The highest BCUT2D eigenvalue weighted by Crippen LogP contribution is 2.09. The van der Waals surface area contributed by atoms with E-state index in [1.807, 2.05) is 32.8 Å². The molecule has 0 aromatic carbocycles. The molecular weight excluding hydrogens is 270 g/mol. The Bertz CT molecular complexity index is 309. The van der Waals surface area contributed by atoms with Gasteiger partial charge in [-0.15, -0.1) is 0 Å². The molecule has 6 heteroatoms. The van der Waals surface area contributed by atoms with Crippen molar-refractivity contribution >= 4 is 12.0 Å². The number of carboxylic acid groups (broad SMARTS) is 1. The van der Waals surface area contributed by atoms with Crippen molar-refractivity contribution in [2.45, 2.75) is 39.5 Å². The van der Waals surface area contributed by atoms with Gasteiger partial charge in [-0.3, -0.25) is 4.79 Å². The second kappa shape index (κ2) is 11.4. The summed E-state index contributed by atoms with van der Waals surface area (Å²) < 4.78 is 0. The fourth-order valence-corrected chi connectivity index (χ4v) is 2.03. The van der Waals surface area contributed by atoms with Crippen LogP contribution in [0, 0.1) is 5.92 Å². The number of urea groups is 1. The number of hydrogen-bond acceptors (Lipinski definition) is 3. The summed E-state index contributed by atoms with van der Waals surface area (Å²) in [5, 5.41) is 11.5. The highest BCUT2D eigenvalue weighted by Gasteiger charge is 2.11. The molecule has 0 aliphatic rings. The van der Waals surface area contributed by atoms with E-state index in [0.29, 0.717) is 25.4 Å². The molecule has 0 aliphatic heterocycles. The molecule has 0 heterocycles. The first-order valence-corrected chi connectivity index (χ1v) is 7.76. The Morgan fingerprint density at radius 3 is 2.38 bits per heavy atom. The standard InChI is InChI=1S/C15H31N3O3/c1-5-18(12-6-11-17(3)4)15(21)16-10-9-13(2)7-8-14(19)20/h13H,5-12H2,1-4H3,(H,16,21)(H,19,20). The van der Waals surface area contributed by atoms with Gasteiger partial charge in [-0.1, -0.05) is 6.92 Å². The van der Waals surface area contributed by atoms with Gasteiger partial charge in [0.25, 0.3) is 0 Å². The Labute approximate surface area is 128 Å². The minimum absolute atomic E-state index is 0.0262. The van der Waals surface area contributed by atoms with E-state index in [4.69, 9.17) is 5.11 Å². The first-order valence-electron chi connectivity index (χ1n) is 7.76. The van der Waals surface area contributed by atoms with Crippen molar-refractivity contribution < 1.29 is 14.7 Å². The molecule has 0 aromatic rings. The number of nitrogens with zero attached hydrogens (tertiary/aromatic N) is 2. The van der Waals surface area contributed by atoms with Crippen molar-refractivity contribution in [1.82, 2.24) is 15.1 Å². The molecule has 6 nitrogen and oxygen atoms in total. The van der Waals surface area contributed by atoms with Crippen LogP contribution in [-0.2, 0) is 4.79 Å². The van der Waals surface area contributed by atoms with Gasteiger partial charge in [-0.25, -0.2) is 4.79 Å². The molecular formula is C15H31N3O3. The van der Waals surface area contributed by atoms with E-state index in [0.717, 1.165) is 25.9 Å². The fourth-order valence-electron chi connectivity index (χ4n) is 2.03. The third-order valence-corrected chi connectivity index (χ3v) is 3.47. The van der Waals surface area contributed by atoms with Gasteiger partial charge in [0, 0.05) is 26.1 Å². The second-order valence-electron chi connectivity index (χ2n) is 5.79. The molecule has 0 aromatic heterocycles. The summed E-state index contributed by atoms with van der Waals surface area (Å²) >= 11 is 0. The van der Waals surface area contributed by atoms with Gasteiger partial charge >= 0.3 is 12.0 Å². The minimum Gasteiger partial charge on any atom is -0.481 e. The summed E-state index contributed by atoms with van der Waals surface area (Å²) in [4.78, 5) is 26.4. The van der Waals surface area contributed by atoms with Gasteiger partial charge in [0.2, 0.25) is 0 Å². The average molecular weight is 301 g/mol. The van der Waals surface area contributed by atoms with E-state index in [9.17, 15) is 9.59 Å². The van der Waals surface area contributed by atoms with Crippen LogP contribution in [0.15, 0.2) is 0 Å². The van der Waals surface area contributed by atoms with Crippen LogP contribution in [0.4, 0.5) is 4.79 Å². The topological polar surface area (TPSA) is 72.9 Å². The summed E-state index contributed by atoms with van der Waals surface area (Å²) in [7, 11) is 4.05. The molecule has 0 aliphatic carbocycles. The molecule has 2 N–H and O–H groups in total. The van der Waals surface area contributed by atoms with Crippen molar-refractivity contribution in [3.05, 3.63) is 0 Å². The average Bonchev–Trinajstić information content (AvgIpc) is 2.40. The molecule has 0 bridgehead atoms. The van der Waals surface area contributed by atoms with Crippen LogP contribution in [-0.4, -0.2) is 67.2 Å². The van der Waals surface area contributed by atoms with Crippen LogP contribution in [0.2, 0.25) is 0 Å². The number of carboxylic acids is 1. The molecule has 2 amide bonds. The lowest BCUT2D eigenvalue weighted by atomic mass is 10.0. The lowest BCUT2D eigenvalue weighted by molar-refractivity contribution is -0.137. The first kappa shape index (κ1) is 19.7. The van der Waals surface area contributed by atoms with E-state index in [1.165, 1.54) is 0 Å². The second-order valence-corrected chi connectivity index (χ2v) is 5.79. The Morgan fingerprint density at radius 2 is 1.86 bits per heavy atom. The largest absolute Gasteiger partial charge is 0.481 e. The maximum absolute atomic E-state index is 12.0. The molecule has 0 rings (SSSR count). The minimum atomic E-state index is -0.760. The van der Waals surface area contributed by atoms with E-state index in [-0.39, 0.29) is 12.5 Å². The van der Waals surface area contributed by atoms with Crippen molar-refractivity contribution in [2.24, 2.45) is 5.92 Å². The van der Waals surface area contributed by atoms with Crippen LogP contribution in [0.5, 0.6) is 0 Å². The summed E-state index contributed by atoms with van der Waals surface area (Å²) in [5.41, 5.74) is 0. The van der Waals surface area contributed by atoms with Gasteiger partial charge in [0.1, 0.15) is 0 Å². The number of nitrogens with one attached hydrogen (secondary N) is 1. The lowest BCUT2D eigenvalue weighted by Gasteiger charge is -2.22. The zero-order valence-corrected chi connectivity index (χ0v) is 13.9. The zero-order valence-electron chi connectivity index (χ0n) is 13.9. The Morgan fingerprint density at radius 1 is 1.19 bits per heavy atom.